The monoisotopic (exact) mass is 379 g/mol. The van der Waals surface area contributed by atoms with Crippen molar-refractivity contribution in [2.24, 2.45) is 15.9 Å². The molecule has 4 unspecified atom stereocenters. The number of benzene rings is 1. The van der Waals surface area contributed by atoms with Crippen molar-refractivity contribution in [2.45, 2.75) is 62.9 Å². The second kappa shape index (κ2) is 7.66. The number of aliphatic imine (C=N–C) groups is 2. The molecule has 1 aromatic carbocycles. The first-order chi connectivity index (χ1) is 13.8. The molecule has 3 aliphatic heterocycles. The Balaban J connectivity index is 1.35. The summed E-state index contributed by atoms with van der Waals surface area (Å²) in [6.07, 6.45) is 7.70. The summed E-state index contributed by atoms with van der Waals surface area (Å²) in [5.41, 5.74) is 3.33. The third-order valence-corrected chi connectivity index (χ3v) is 6.70. The van der Waals surface area contributed by atoms with Crippen LogP contribution in [0.25, 0.3) is 0 Å². The highest BCUT2D eigenvalue weighted by Gasteiger charge is 2.36. The second-order valence-corrected chi connectivity index (χ2v) is 8.54. The highest BCUT2D eigenvalue weighted by molar-refractivity contribution is 6.10. The summed E-state index contributed by atoms with van der Waals surface area (Å²) in [5.74, 6) is 0.961. The molecule has 6 nitrogen and oxygen atoms in total. The van der Waals surface area contributed by atoms with Crippen LogP contribution in [0, 0.1) is 5.92 Å². The molecule has 2 fully saturated rings. The van der Waals surface area contributed by atoms with Gasteiger partial charge in [0.15, 0.2) is 0 Å². The number of anilines is 1. The van der Waals surface area contributed by atoms with Crippen LogP contribution in [0.2, 0.25) is 0 Å². The molecule has 0 bridgehead atoms. The fourth-order valence-electron chi connectivity index (χ4n) is 5.17. The lowest BCUT2D eigenvalue weighted by Gasteiger charge is -2.38. The number of amides is 1. The number of fused-ring (bicyclic) bond motifs is 2. The van der Waals surface area contributed by atoms with Gasteiger partial charge in [-0.1, -0.05) is 24.6 Å². The molecule has 0 aromatic heterocycles. The van der Waals surface area contributed by atoms with Gasteiger partial charge in [0.1, 0.15) is 0 Å². The van der Waals surface area contributed by atoms with E-state index in [1.807, 2.05) is 12.1 Å². The molecule has 6 heteroatoms. The summed E-state index contributed by atoms with van der Waals surface area (Å²) >= 11 is 0. The fraction of sp³-hybridized carbons (Fsp3) is 0.591. The van der Waals surface area contributed by atoms with Crippen LogP contribution in [0.1, 0.15) is 56.4 Å². The topological polar surface area (TPSA) is 77.9 Å². The van der Waals surface area contributed by atoms with E-state index in [0.29, 0.717) is 17.9 Å². The summed E-state index contributed by atoms with van der Waals surface area (Å²) in [5, 5.41) is 10.3. The fourth-order valence-corrected chi connectivity index (χ4v) is 5.17. The van der Waals surface area contributed by atoms with Crippen LogP contribution in [0.5, 0.6) is 0 Å². The predicted octanol–water partition coefficient (Wildman–Crippen LogP) is 2.82. The van der Waals surface area contributed by atoms with Gasteiger partial charge in [-0.05, 0) is 69.2 Å². The van der Waals surface area contributed by atoms with Crippen LogP contribution in [-0.4, -0.2) is 42.8 Å². The molecule has 5 rings (SSSR count). The molecule has 148 valence electrons. The number of hydrogen-bond donors (Lipinski definition) is 3. The van der Waals surface area contributed by atoms with Crippen molar-refractivity contribution < 1.29 is 4.79 Å². The van der Waals surface area contributed by atoms with Gasteiger partial charge >= 0.3 is 0 Å². The Morgan fingerprint density at radius 1 is 1.14 bits per heavy atom. The third-order valence-electron chi connectivity index (χ3n) is 6.70. The lowest BCUT2D eigenvalue weighted by atomic mass is 9.79. The predicted molar refractivity (Wildman–Crippen MR) is 112 cm³/mol. The number of rotatable bonds is 2. The molecule has 4 atom stereocenters. The Bertz CT molecular complexity index is 811. The number of nitrogens with one attached hydrogen (secondary N) is 3. The van der Waals surface area contributed by atoms with Crippen molar-refractivity contribution in [2.75, 3.05) is 18.4 Å². The lowest BCUT2D eigenvalue weighted by molar-refractivity contribution is -0.121. The molecule has 0 spiro atoms. The van der Waals surface area contributed by atoms with Crippen molar-refractivity contribution >= 4 is 23.3 Å². The number of para-hydroxylation sites is 1. The van der Waals surface area contributed by atoms with Gasteiger partial charge in [-0.2, -0.15) is 0 Å². The number of nitrogens with zero attached hydrogens (tertiary/aromatic N) is 2. The van der Waals surface area contributed by atoms with Crippen LogP contribution < -0.4 is 16.0 Å². The maximum absolute atomic E-state index is 13.2. The zero-order chi connectivity index (χ0) is 18.9. The molecular formula is C22H29N5O. The van der Waals surface area contributed by atoms with Gasteiger partial charge in [-0.25, -0.2) is 9.98 Å². The van der Waals surface area contributed by atoms with Gasteiger partial charge in [0.05, 0.1) is 12.0 Å². The smallest absolute Gasteiger partial charge is 0.234 e. The zero-order valence-corrected chi connectivity index (χ0v) is 16.3. The van der Waals surface area contributed by atoms with Gasteiger partial charge in [-0.15, -0.1) is 0 Å². The number of guanidine groups is 1. The SMILES string of the molecule is O=C(NC1=NC2CCCCC2=N1)C1CC(C2CCCNC2)Nc2ccccc21. The van der Waals surface area contributed by atoms with Crippen LogP contribution in [0.3, 0.4) is 0 Å². The van der Waals surface area contributed by atoms with Crippen LogP contribution in [-0.2, 0) is 4.79 Å². The largest absolute Gasteiger partial charge is 0.382 e. The maximum atomic E-state index is 13.2. The molecule has 3 heterocycles. The Labute approximate surface area is 166 Å². The molecule has 1 saturated heterocycles. The van der Waals surface area contributed by atoms with Gasteiger partial charge in [0, 0.05) is 17.4 Å². The quantitative estimate of drug-likeness (QED) is 0.739. The highest BCUT2D eigenvalue weighted by Crippen LogP contribution is 2.37. The molecule has 1 aromatic rings. The zero-order valence-electron chi connectivity index (χ0n) is 16.3. The molecule has 28 heavy (non-hydrogen) atoms. The molecule has 4 aliphatic rings. The van der Waals surface area contributed by atoms with E-state index in [2.05, 4.69) is 38.1 Å². The van der Waals surface area contributed by atoms with E-state index in [1.54, 1.807) is 0 Å². The minimum atomic E-state index is -0.157. The molecule has 1 amide bonds. The van der Waals surface area contributed by atoms with Crippen LogP contribution in [0.4, 0.5) is 5.69 Å². The van der Waals surface area contributed by atoms with E-state index in [-0.39, 0.29) is 17.9 Å². The average molecular weight is 380 g/mol. The second-order valence-electron chi connectivity index (χ2n) is 8.54. The summed E-state index contributed by atoms with van der Waals surface area (Å²) in [6, 6.07) is 8.75. The van der Waals surface area contributed by atoms with Gasteiger partial charge in [-0.3, -0.25) is 10.1 Å². The van der Waals surface area contributed by atoms with Crippen molar-refractivity contribution in [3.63, 3.8) is 0 Å². The molecule has 0 radical (unpaired) electrons. The van der Waals surface area contributed by atoms with E-state index in [4.69, 9.17) is 0 Å². The molecule has 3 N–H and O–H groups in total. The van der Waals surface area contributed by atoms with E-state index >= 15 is 0 Å². The first-order valence-electron chi connectivity index (χ1n) is 10.8. The Morgan fingerprint density at radius 3 is 2.93 bits per heavy atom. The standard InChI is InChI=1S/C22H29N5O/c28-21(27-22-25-18-9-3-4-10-19(18)26-22)16-12-20(14-6-5-11-23-13-14)24-17-8-2-1-7-15(16)17/h1-2,7-8,14,16,18,20,23-24H,3-6,9-13H2,(H,25,27,28). The minimum Gasteiger partial charge on any atom is -0.382 e. The lowest BCUT2D eigenvalue weighted by Crippen LogP contribution is -2.45. The van der Waals surface area contributed by atoms with E-state index in [0.717, 1.165) is 49.3 Å². The van der Waals surface area contributed by atoms with E-state index in [9.17, 15) is 4.79 Å². The summed E-state index contributed by atoms with van der Waals surface area (Å²) in [6.45, 7) is 2.13. The minimum absolute atomic E-state index is 0.0319. The Morgan fingerprint density at radius 2 is 2.07 bits per heavy atom. The van der Waals surface area contributed by atoms with Crippen molar-refractivity contribution in [3.8, 4) is 0 Å². The van der Waals surface area contributed by atoms with Crippen molar-refractivity contribution in [1.29, 1.82) is 0 Å². The number of carbonyl (C=O) groups excluding carboxylic acids is 1. The Hall–Kier alpha value is -2.21. The van der Waals surface area contributed by atoms with Crippen LogP contribution in [0.15, 0.2) is 34.3 Å². The first-order valence-corrected chi connectivity index (χ1v) is 10.8. The Kier molecular flexibility index (Phi) is 4.89. The van der Waals surface area contributed by atoms with Crippen molar-refractivity contribution in [3.05, 3.63) is 29.8 Å². The summed E-state index contributed by atoms with van der Waals surface area (Å²) in [7, 11) is 0. The maximum Gasteiger partial charge on any atom is 0.234 e. The summed E-state index contributed by atoms with van der Waals surface area (Å²) in [4.78, 5) is 22.5. The molecular weight excluding hydrogens is 350 g/mol. The van der Waals surface area contributed by atoms with Gasteiger partial charge < -0.3 is 10.6 Å². The molecule has 1 aliphatic carbocycles. The highest BCUT2D eigenvalue weighted by atomic mass is 16.2. The van der Waals surface area contributed by atoms with Crippen molar-refractivity contribution in [1.82, 2.24) is 10.6 Å². The van der Waals surface area contributed by atoms with Gasteiger partial charge in [0.25, 0.3) is 0 Å². The number of piperidine rings is 1. The van der Waals surface area contributed by atoms with Gasteiger partial charge in [0.2, 0.25) is 11.9 Å². The number of carbonyl (C=O) groups is 1. The van der Waals surface area contributed by atoms with Crippen LogP contribution >= 0.6 is 0 Å². The number of hydrogen-bond acceptors (Lipinski definition) is 5. The first kappa shape index (κ1) is 17.9. The van der Waals surface area contributed by atoms with E-state index < -0.39 is 0 Å². The normalized spacial score (nSPS) is 31.7. The molecule has 1 saturated carbocycles. The summed E-state index contributed by atoms with van der Waals surface area (Å²) < 4.78 is 0. The average Bonchev–Trinajstić information content (AvgIpc) is 3.15. The third kappa shape index (κ3) is 3.46. The van der Waals surface area contributed by atoms with E-state index in [1.165, 1.54) is 25.7 Å².